The molecule has 47 heavy (non-hydrogen) atoms. The average Bonchev–Trinajstić information content (AvgIpc) is 3.09. The Morgan fingerprint density at radius 3 is 2.30 bits per heavy atom. The third-order valence-corrected chi connectivity index (χ3v) is 8.80. The summed E-state index contributed by atoms with van der Waals surface area (Å²) in [5.74, 6) is -1.95. The third kappa shape index (κ3) is 9.79. The summed E-state index contributed by atoms with van der Waals surface area (Å²) >= 11 is 0. The fourth-order valence-electron chi connectivity index (χ4n) is 6.05. The summed E-state index contributed by atoms with van der Waals surface area (Å²) in [6, 6.07) is 31.7. The second kappa shape index (κ2) is 16.6. The van der Waals surface area contributed by atoms with Crippen molar-refractivity contribution in [1.82, 2.24) is 5.32 Å². The molecule has 7 heteroatoms. The van der Waals surface area contributed by atoms with Crippen molar-refractivity contribution in [3.8, 4) is 11.5 Å². The van der Waals surface area contributed by atoms with E-state index in [0.717, 1.165) is 23.1 Å². The number of fused-ring (bicyclic) bond motifs is 12. The number of carboxylic acids is 1. The molecule has 0 saturated carbocycles. The van der Waals surface area contributed by atoms with Crippen molar-refractivity contribution in [2.45, 2.75) is 64.5 Å². The molecule has 3 atom stereocenters. The molecule has 0 saturated heterocycles. The summed E-state index contributed by atoms with van der Waals surface area (Å²) < 4.78 is 11.8. The van der Waals surface area contributed by atoms with Crippen LogP contribution in [0.4, 0.5) is 0 Å². The molecule has 6 rings (SSSR count). The second-order valence-electron chi connectivity index (χ2n) is 12.3. The number of ether oxygens (including phenoxy) is 2. The van der Waals surface area contributed by atoms with Crippen LogP contribution in [0.3, 0.4) is 0 Å². The normalized spacial score (nSPS) is 18.7. The van der Waals surface area contributed by atoms with Gasteiger partial charge >= 0.3 is 5.97 Å². The van der Waals surface area contributed by atoms with Gasteiger partial charge in [-0.25, -0.2) is 0 Å². The van der Waals surface area contributed by atoms with E-state index in [1.165, 1.54) is 5.56 Å². The molecule has 7 nitrogen and oxygen atoms in total. The molecule has 2 aliphatic rings. The number of nitrogens with one attached hydrogen (secondary N) is 1. The van der Waals surface area contributed by atoms with Crippen molar-refractivity contribution < 1.29 is 29.0 Å². The number of hydrogen-bond acceptors (Lipinski definition) is 5. The molecule has 1 unspecified atom stereocenters. The SMILES string of the molecule is Cc1ccc(CCCC2C(=O)N[C@H](C(=O)c3ccc(OCc4ccccc4)cc3)Cc3ccc(cc3)OCCCC[C@@H]2C(=O)O)cc1. The fourth-order valence-corrected chi connectivity index (χ4v) is 6.05. The van der Waals surface area contributed by atoms with Crippen LogP contribution in [0.2, 0.25) is 0 Å². The predicted octanol–water partition coefficient (Wildman–Crippen LogP) is 7.39. The zero-order chi connectivity index (χ0) is 33.0. The van der Waals surface area contributed by atoms with Crippen molar-refractivity contribution in [1.29, 1.82) is 0 Å². The van der Waals surface area contributed by atoms with Crippen LogP contribution in [0.5, 0.6) is 11.5 Å². The van der Waals surface area contributed by atoms with Gasteiger partial charge in [-0.05, 0) is 98.5 Å². The largest absolute Gasteiger partial charge is 0.494 e. The minimum absolute atomic E-state index is 0.247. The van der Waals surface area contributed by atoms with Gasteiger partial charge in [0.2, 0.25) is 5.91 Å². The van der Waals surface area contributed by atoms with E-state index in [0.29, 0.717) is 62.4 Å². The Morgan fingerprint density at radius 1 is 0.872 bits per heavy atom. The first-order valence-corrected chi connectivity index (χ1v) is 16.5. The quantitative estimate of drug-likeness (QED) is 0.177. The Labute approximate surface area is 276 Å². The third-order valence-electron chi connectivity index (χ3n) is 8.80. The van der Waals surface area contributed by atoms with E-state index < -0.39 is 29.8 Å². The second-order valence-corrected chi connectivity index (χ2v) is 12.3. The Morgan fingerprint density at radius 2 is 1.60 bits per heavy atom. The molecule has 0 aromatic heterocycles. The van der Waals surface area contributed by atoms with Crippen molar-refractivity contribution >= 4 is 17.7 Å². The molecule has 2 bridgehead atoms. The summed E-state index contributed by atoms with van der Waals surface area (Å²) in [6.07, 6.45) is 3.67. The number of carbonyl (C=O) groups is 3. The van der Waals surface area contributed by atoms with E-state index in [-0.39, 0.29) is 12.2 Å². The monoisotopic (exact) mass is 633 g/mol. The zero-order valence-electron chi connectivity index (χ0n) is 26.9. The molecular formula is C40H43NO6. The minimum Gasteiger partial charge on any atom is -0.494 e. The lowest BCUT2D eigenvalue weighted by molar-refractivity contribution is -0.148. The summed E-state index contributed by atoms with van der Waals surface area (Å²) in [5, 5.41) is 13.3. The van der Waals surface area contributed by atoms with E-state index in [1.807, 2.05) is 61.5 Å². The van der Waals surface area contributed by atoms with Crippen LogP contribution in [-0.4, -0.2) is 35.4 Å². The van der Waals surface area contributed by atoms with Gasteiger partial charge in [-0.3, -0.25) is 14.4 Å². The smallest absolute Gasteiger partial charge is 0.307 e. The maximum atomic E-state index is 14.1. The van der Waals surface area contributed by atoms with Crippen molar-refractivity contribution in [2.75, 3.05) is 6.61 Å². The number of carbonyl (C=O) groups excluding carboxylic acids is 2. The summed E-state index contributed by atoms with van der Waals surface area (Å²) in [5.41, 5.74) is 4.65. The summed E-state index contributed by atoms with van der Waals surface area (Å²) in [6.45, 7) is 2.90. The first-order chi connectivity index (χ1) is 22.9. The van der Waals surface area contributed by atoms with Crippen LogP contribution in [0.15, 0.2) is 103 Å². The number of hydrogen-bond donors (Lipinski definition) is 2. The van der Waals surface area contributed by atoms with E-state index in [1.54, 1.807) is 24.3 Å². The molecular weight excluding hydrogens is 590 g/mol. The highest BCUT2D eigenvalue weighted by atomic mass is 16.5. The van der Waals surface area contributed by atoms with Crippen molar-refractivity contribution in [2.24, 2.45) is 11.8 Å². The molecule has 2 aliphatic heterocycles. The lowest BCUT2D eigenvalue weighted by Gasteiger charge is -2.26. The lowest BCUT2D eigenvalue weighted by atomic mass is 9.82. The van der Waals surface area contributed by atoms with Crippen LogP contribution in [0, 0.1) is 18.8 Å². The Balaban J connectivity index is 1.36. The number of aliphatic carboxylic acids is 1. The Kier molecular flexibility index (Phi) is 11.8. The molecule has 1 amide bonds. The van der Waals surface area contributed by atoms with Gasteiger partial charge in [-0.1, -0.05) is 72.3 Å². The van der Waals surface area contributed by atoms with Gasteiger partial charge in [0.05, 0.1) is 24.5 Å². The topological polar surface area (TPSA) is 102 Å². The minimum atomic E-state index is -0.994. The highest BCUT2D eigenvalue weighted by Gasteiger charge is 2.35. The van der Waals surface area contributed by atoms with Gasteiger partial charge in [0, 0.05) is 12.0 Å². The fraction of sp³-hybridized carbons (Fsp3) is 0.325. The van der Waals surface area contributed by atoms with Crippen LogP contribution in [0.1, 0.15) is 64.7 Å². The number of aryl methyl sites for hydroxylation is 2. The highest BCUT2D eigenvalue weighted by Crippen LogP contribution is 2.27. The number of carboxylic acid groups (broad SMARTS) is 1. The number of amides is 1. The standard InChI is InChI=1S/C40H43NO6/c1-28-13-15-29(16-14-28)10-7-12-35-36(40(44)45)11-5-6-25-46-33-21-17-30(18-22-33)26-37(41-39(35)43)38(42)32-19-23-34(24-20-32)47-27-31-8-3-2-4-9-31/h2-4,8-9,13-24,35-37H,5-7,10-12,25-27H2,1H3,(H,41,43)(H,44,45)/t35?,36-,37-/m0/s1. The van der Waals surface area contributed by atoms with Gasteiger partial charge in [-0.2, -0.15) is 0 Å². The average molecular weight is 634 g/mol. The summed E-state index contributed by atoms with van der Waals surface area (Å²) in [7, 11) is 0. The van der Waals surface area contributed by atoms with E-state index in [9.17, 15) is 19.5 Å². The van der Waals surface area contributed by atoms with Crippen LogP contribution in [0.25, 0.3) is 0 Å². The number of ketones is 1. The number of Topliss-reactive ketones (excluding diaryl/α,β-unsaturated/α-hetero) is 1. The first-order valence-electron chi connectivity index (χ1n) is 16.5. The molecule has 4 aromatic rings. The molecule has 4 aromatic carbocycles. The maximum absolute atomic E-state index is 14.1. The molecule has 244 valence electrons. The Bertz CT molecular complexity index is 1600. The highest BCUT2D eigenvalue weighted by molar-refractivity contribution is 6.02. The zero-order valence-corrected chi connectivity index (χ0v) is 26.9. The van der Waals surface area contributed by atoms with Gasteiger partial charge in [-0.15, -0.1) is 0 Å². The van der Waals surface area contributed by atoms with Crippen molar-refractivity contribution in [3.63, 3.8) is 0 Å². The molecule has 0 aliphatic carbocycles. The Hall–Kier alpha value is -4.91. The summed E-state index contributed by atoms with van der Waals surface area (Å²) in [4.78, 5) is 40.6. The van der Waals surface area contributed by atoms with E-state index in [4.69, 9.17) is 9.47 Å². The van der Waals surface area contributed by atoms with Gasteiger partial charge in [0.1, 0.15) is 18.1 Å². The van der Waals surface area contributed by atoms with Crippen LogP contribution >= 0.6 is 0 Å². The van der Waals surface area contributed by atoms with E-state index in [2.05, 4.69) is 29.6 Å². The van der Waals surface area contributed by atoms with Crippen LogP contribution in [-0.2, 0) is 29.0 Å². The van der Waals surface area contributed by atoms with E-state index >= 15 is 0 Å². The first kappa shape index (κ1) is 33.5. The number of rotatable bonds is 10. The van der Waals surface area contributed by atoms with Gasteiger partial charge in [0.25, 0.3) is 0 Å². The lowest BCUT2D eigenvalue weighted by Crippen LogP contribution is -2.47. The van der Waals surface area contributed by atoms with Gasteiger partial charge in [0.15, 0.2) is 5.78 Å². The molecule has 0 spiro atoms. The number of benzene rings is 4. The molecule has 0 fully saturated rings. The predicted molar refractivity (Wildman–Crippen MR) is 182 cm³/mol. The van der Waals surface area contributed by atoms with Crippen molar-refractivity contribution in [3.05, 3.63) is 131 Å². The molecule has 0 radical (unpaired) electrons. The van der Waals surface area contributed by atoms with Crippen LogP contribution < -0.4 is 14.8 Å². The maximum Gasteiger partial charge on any atom is 0.307 e. The molecule has 2 N–H and O–H groups in total. The van der Waals surface area contributed by atoms with Gasteiger partial charge < -0.3 is 19.9 Å². The molecule has 2 heterocycles.